The first kappa shape index (κ1) is 12.3. The molecule has 90 valence electrons. The minimum atomic E-state index is 0.167. The first-order valence-electron chi connectivity index (χ1n) is 5.54. The Morgan fingerprint density at radius 1 is 1.35 bits per heavy atom. The van der Waals surface area contributed by atoms with E-state index >= 15 is 0 Å². The van der Waals surface area contributed by atoms with Crippen molar-refractivity contribution in [1.82, 2.24) is 15.1 Å². The third-order valence-corrected chi connectivity index (χ3v) is 3.49. The number of aryl methyl sites for hydroxylation is 2. The number of hydrogen-bond donors (Lipinski definition) is 1. The van der Waals surface area contributed by atoms with E-state index in [9.17, 15) is 0 Å². The van der Waals surface area contributed by atoms with Crippen molar-refractivity contribution in [2.45, 2.75) is 13.0 Å². The minimum Gasteiger partial charge on any atom is -0.308 e. The lowest BCUT2D eigenvalue weighted by Crippen LogP contribution is -2.21. The van der Waals surface area contributed by atoms with E-state index in [0.29, 0.717) is 0 Å². The summed E-state index contributed by atoms with van der Waals surface area (Å²) in [6.45, 7) is 2.13. The molecule has 0 aliphatic heterocycles. The van der Waals surface area contributed by atoms with E-state index in [2.05, 4.69) is 51.5 Å². The highest BCUT2D eigenvalue weighted by atomic mass is 79.9. The Balaban J connectivity index is 2.49. The van der Waals surface area contributed by atoms with Crippen LogP contribution in [-0.2, 0) is 7.05 Å². The molecular formula is C13H16BrN3. The molecule has 0 saturated heterocycles. The van der Waals surface area contributed by atoms with Crippen LogP contribution in [0.1, 0.15) is 22.9 Å². The molecule has 2 rings (SSSR count). The molecule has 4 heteroatoms. The maximum atomic E-state index is 4.23. The van der Waals surface area contributed by atoms with Crippen molar-refractivity contribution in [1.29, 1.82) is 0 Å². The number of nitrogens with one attached hydrogen (secondary N) is 1. The maximum absolute atomic E-state index is 4.23. The van der Waals surface area contributed by atoms with Gasteiger partial charge in [0.1, 0.15) is 0 Å². The molecule has 1 unspecified atom stereocenters. The fourth-order valence-electron chi connectivity index (χ4n) is 2.05. The van der Waals surface area contributed by atoms with Crippen molar-refractivity contribution in [3.8, 4) is 0 Å². The summed E-state index contributed by atoms with van der Waals surface area (Å²) in [5.74, 6) is 0. The van der Waals surface area contributed by atoms with Gasteiger partial charge in [-0.05, 0) is 43.3 Å². The van der Waals surface area contributed by atoms with E-state index in [1.165, 1.54) is 11.1 Å². The highest BCUT2D eigenvalue weighted by Gasteiger charge is 2.17. The van der Waals surface area contributed by atoms with Crippen molar-refractivity contribution in [3.05, 3.63) is 51.8 Å². The lowest BCUT2D eigenvalue weighted by atomic mass is 9.99. The van der Waals surface area contributed by atoms with Crippen LogP contribution in [0.15, 0.2) is 34.9 Å². The average molecular weight is 294 g/mol. The number of halogens is 1. The van der Waals surface area contributed by atoms with Crippen molar-refractivity contribution < 1.29 is 0 Å². The minimum absolute atomic E-state index is 0.167. The van der Waals surface area contributed by atoms with Gasteiger partial charge in [-0.3, -0.25) is 4.68 Å². The molecule has 1 aromatic heterocycles. The van der Waals surface area contributed by atoms with Crippen LogP contribution in [0.4, 0.5) is 0 Å². The molecule has 0 amide bonds. The Kier molecular flexibility index (Phi) is 3.64. The van der Waals surface area contributed by atoms with Crippen LogP contribution in [0.25, 0.3) is 0 Å². The second kappa shape index (κ2) is 5.02. The second-order valence-corrected chi connectivity index (χ2v) is 5.02. The Hall–Kier alpha value is -1.13. The number of aromatic nitrogens is 2. The quantitative estimate of drug-likeness (QED) is 0.943. The molecule has 1 atom stereocenters. The van der Waals surface area contributed by atoms with E-state index in [1.807, 2.05) is 31.0 Å². The van der Waals surface area contributed by atoms with Gasteiger partial charge in [0.25, 0.3) is 0 Å². The van der Waals surface area contributed by atoms with E-state index in [-0.39, 0.29) is 6.04 Å². The number of rotatable bonds is 3. The van der Waals surface area contributed by atoms with Gasteiger partial charge < -0.3 is 5.32 Å². The molecule has 1 N–H and O–H groups in total. The number of benzene rings is 1. The normalized spacial score (nSPS) is 12.7. The van der Waals surface area contributed by atoms with E-state index < -0.39 is 0 Å². The number of nitrogens with zero attached hydrogens (tertiary/aromatic N) is 2. The molecular weight excluding hydrogens is 278 g/mol. The van der Waals surface area contributed by atoms with Gasteiger partial charge in [-0.2, -0.15) is 5.10 Å². The van der Waals surface area contributed by atoms with Crippen LogP contribution in [-0.4, -0.2) is 16.8 Å². The largest absolute Gasteiger partial charge is 0.308 e. The molecule has 1 aromatic carbocycles. The van der Waals surface area contributed by atoms with Gasteiger partial charge >= 0.3 is 0 Å². The average Bonchev–Trinajstić information content (AvgIpc) is 2.71. The third kappa shape index (κ3) is 2.42. The topological polar surface area (TPSA) is 29.9 Å². The van der Waals surface area contributed by atoms with Gasteiger partial charge in [-0.15, -0.1) is 0 Å². The number of hydrogen-bond acceptors (Lipinski definition) is 2. The summed E-state index contributed by atoms with van der Waals surface area (Å²) in [5.41, 5.74) is 3.70. The van der Waals surface area contributed by atoms with Gasteiger partial charge in [-0.1, -0.05) is 22.0 Å². The van der Waals surface area contributed by atoms with Crippen LogP contribution in [0, 0.1) is 6.92 Å². The molecule has 0 spiro atoms. The fraction of sp³-hybridized carbons (Fsp3) is 0.308. The molecule has 3 nitrogen and oxygen atoms in total. The Labute approximate surface area is 110 Å². The fourth-order valence-corrected chi connectivity index (χ4v) is 2.43. The molecule has 0 aliphatic carbocycles. The Bertz CT molecular complexity index is 519. The summed E-state index contributed by atoms with van der Waals surface area (Å²) in [7, 11) is 3.94. The molecule has 2 aromatic rings. The van der Waals surface area contributed by atoms with Gasteiger partial charge in [0.15, 0.2) is 0 Å². The first-order valence-corrected chi connectivity index (χ1v) is 6.34. The molecule has 0 aliphatic rings. The van der Waals surface area contributed by atoms with Crippen molar-refractivity contribution in [2.75, 3.05) is 7.05 Å². The summed E-state index contributed by atoms with van der Waals surface area (Å²) >= 11 is 3.53. The van der Waals surface area contributed by atoms with Gasteiger partial charge in [0, 0.05) is 17.7 Å². The third-order valence-electron chi connectivity index (χ3n) is 3.00. The van der Waals surface area contributed by atoms with Crippen LogP contribution in [0.3, 0.4) is 0 Å². The maximum Gasteiger partial charge on any atom is 0.0748 e. The lowest BCUT2D eigenvalue weighted by molar-refractivity contribution is 0.603. The zero-order valence-corrected chi connectivity index (χ0v) is 11.8. The van der Waals surface area contributed by atoms with Crippen molar-refractivity contribution in [3.63, 3.8) is 0 Å². The predicted molar refractivity (Wildman–Crippen MR) is 73.0 cm³/mol. The summed E-state index contributed by atoms with van der Waals surface area (Å²) in [6.07, 6.45) is 1.83. The first-order chi connectivity index (χ1) is 8.13. The highest BCUT2D eigenvalue weighted by Crippen LogP contribution is 2.26. The van der Waals surface area contributed by atoms with Crippen LogP contribution in [0.5, 0.6) is 0 Å². The smallest absolute Gasteiger partial charge is 0.0748 e. The lowest BCUT2D eigenvalue weighted by Gasteiger charge is -2.19. The zero-order valence-electron chi connectivity index (χ0n) is 10.2. The molecule has 1 heterocycles. The molecule has 17 heavy (non-hydrogen) atoms. The standard InChI is InChI=1S/C13H16BrN3/c1-9-4-5-10(14)8-11(9)13(15-2)12-6-7-16-17(12)3/h4-8,13,15H,1-3H3. The predicted octanol–water partition coefficient (Wildman–Crippen LogP) is 2.80. The van der Waals surface area contributed by atoms with E-state index in [1.54, 1.807) is 0 Å². The molecule has 0 radical (unpaired) electrons. The van der Waals surface area contributed by atoms with E-state index in [0.717, 1.165) is 10.2 Å². The van der Waals surface area contributed by atoms with Gasteiger partial charge in [0.2, 0.25) is 0 Å². The summed E-state index contributed by atoms with van der Waals surface area (Å²) < 4.78 is 3.00. The summed E-state index contributed by atoms with van der Waals surface area (Å²) in [6, 6.07) is 8.56. The van der Waals surface area contributed by atoms with Gasteiger partial charge in [0.05, 0.1) is 11.7 Å². The van der Waals surface area contributed by atoms with Crippen LogP contribution < -0.4 is 5.32 Å². The van der Waals surface area contributed by atoms with Crippen molar-refractivity contribution >= 4 is 15.9 Å². The molecule has 0 bridgehead atoms. The van der Waals surface area contributed by atoms with E-state index in [4.69, 9.17) is 0 Å². The Morgan fingerprint density at radius 2 is 2.12 bits per heavy atom. The second-order valence-electron chi connectivity index (χ2n) is 4.10. The summed E-state index contributed by atoms with van der Waals surface area (Å²) in [5, 5.41) is 7.58. The zero-order chi connectivity index (χ0) is 12.4. The SMILES string of the molecule is CNC(c1cc(Br)ccc1C)c1ccnn1C. The van der Waals surface area contributed by atoms with Crippen LogP contribution >= 0.6 is 15.9 Å². The Morgan fingerprint density at radius 3 is 2.71 bits per heavy atom. The van der Waals surface area contributed by atoms with Crippen LogP contribution in [0.2, 0.25) is 0 Å². The highest BCUT2D eigenvalue weighted by molar-refractivity contribution is 9.10. The van der Waals surface area contributed by atoms with Gasteiger partial charge in [-0.25, -0.2) is 0 Å². The summed E-state index contributed by atoms with van der Waals surface area (Å²) in [4.78, 5) is 0. The molecule has 0 saturated carbocycles. The monoisotopic (exact) mass is 293 g/mol. The molecule has 0 fully saturated rings. The van der Waals surface area contributed by atoms with Crippen molar-refractivity contribution in [2.24, 2.45) is 7.05 Å².